The summed E-state index contributed by atoms with van der Waals surface area (Å²) in [6.07, 6.45) is 7.42. The first-order chi connectivity index (χ1) is 7.85. The molecule has 0 radical (unpaired) electrons. The van der Waals surface area contributed by atoms with Gasteiger partial charge < -0.3 is 11.1 Å². The molecule has 1 aromatic rings. The minimum Gasteiger partial charge on any atom is -0.382 e. The second kappa shape index (κ2) is 5.60. The summed E-state index contributed by atoms with van der Waals surface area (Å²) in [6.45, 7) is 0.617. The Kier molecular flexibility index (Phi) is 4.13. The summed E-state index contributed by atoms with van der Waals surface area (Å²) in [5.41, 5.74) is 8.35. The van der Waals surface area contributed by atoms with Crippen molar-refractivity contribution >= 4 is 17.4 Å². The molecule has 0 atom stereocenters. The third kappa shape index (κ3) is 2.53. The van der Waals surface area contributed by atoms with Crippen molar-refractivity contribution < 1.29 is 0 Å². The van der Waals surface area contributed by atoms with Gasteiger partial charge in [-0.05, 0) is 31.2 Å². The van der Waals surface area contributed by atoms with Gasteiger partial charge in [0.15, 0.2) is 0 Å². The third-order valence-electron chi connectivity index (χ3n) is 3.27. The molecular formula is C13H20N2S. The van der Waals surface area contributed by atoms with Crippen LogP contribution < -0.4 is 11.1 Å². The SMILES string of the molecule is CSc1cccc(NC2CCCC2)c1CN. The summed E-state index contributed by atoms with van der Waals surface area (Å²) in [7, 11) is 0. The first kappa shape index (κ1) is 11.8. The van der Waals surface area contributed by atoms with Gasteiger partial charge in [0.2, 0.25) is 0 Å². The number of hydrogen-bond donors (Lipinski definition) is 2. The van der Waals surface area contributed by atoms with E-state index in [0.29, 0.717) is 12.6 Å². The third-order valence-corrected chi connectivity index (χ3v) is 4.09. The molecule has 3 N–H and O–H groups in total. The standard InChI is InChI=1S/C13H20N2S/c1-16-13-8-4-7-12(11(13)9-14)15-10-5-2-3-6-10/h4,7-8,10,15H,2-3,5-6,9,14H2,1H3. The topological polar surface area (TPSA) is 38.0 Å². The average Bonchev–Trinajstić information content (AvgIpc) is 2.81. The van der Waals surface area contributed by atoms with Crippen LogP contribution in [0.3, 0.4) is 0 Å². The zero-order valence-corrected chi connectivity index (χ0v) is 10.6. The Morgan fingerprint density at radius 1 is 1.38 bits per heavy atom. The van der Waals surface area contributed by atoms with Crippen LogP contribution in [0.25, 0.3) is 0 Å². The lowest BCUT2D eigenvalue weighted by atomic mass is 10.1. The maximum atomic E-state index is 5.85. The molecule has 88 valence electrons. The van der Waals surface area contributed by atoms with E-state index in [1.807, 2.05) is 0 Å². The van der Waals surface area contributed by atoms with Crippen LogP contribution in [-0.4, -0.2) is 12.3 Å². The van der Waals surface area contributed by atoms with Crippen LogP contribution in [0, 0.1) is 0 Å². The molecule has 3 heteroatoms. The van der Waals surface area contributed by atoms with Crippen molar-refractivity contribution in [2.75, 3.05) is 11.6 Å². The molecule has 2 nitrogen and oxygen atoms in total. The van der Waals surface area contributed by atoms with Gasteiger partial charge in [-0.2, -0.15) is 0 Å². The van der Waals surface area contributed by atoms with Crippen LogP contribution in [0.1, 0.15) is 31.2 Å². The van der Waals surface area contributed by atoms with Crippen LogP contribution in [-0.2, 0) is 6.54 Å². The Morgan fingerprint density at radius 3 is 2.75 bits per heavy atom. The molecule has 1 aromatic carbocycles. The van der Waals surface area contributed by atoms with Gasteiger partial charge >= 0.3 is 0 Å². The summed E-state index contributed by atoms with van der Waals surface area (Å²) in [5.74, 6) is 0. The Labute approximate surface area is 102 Å². The fraction of sp³-hybridized carbons (Fsp3) is 0.538. The molecule has 2 rings (SSSR count). The summed E-state index contributed by atoms with van der Waals surface area (Å²) >= 11 is 1.77. The molecule has 1 aliphatic carbocycles. The van der Waals surface area contributed by atoms with Gasteiger partial charge in [-0.15, -0.1) is 11.8 Å². The maximum absolute atomic E-state index is 5.85. The van der Waals surface area contributed by atoms with Crippen LogP contribution in [0.15, 0.2) is 23.1 Å². The number of nitrogens with two attached hydrogens (primary N) is 1. The number of thioether (sulfide) groups is 1. The van der Waals surface area contributed by atoms with Gasteiger partial charge in [0.1, 0.15) is 0 Å². The van der Waals surface area contributed by atoms with E-state index < -0.39 is 0 Å². The van der Waals surface area contributed by atoms with Crippen LogP contribution in [0.5, 0.6) is 0 Å². The van der Waals surface area contributed by atoms with E-state index in [-0.39, 0.29) is 0 Å². The molecule has 0 saturated heterocycles. The zero-order valence-electron chi connectivity index (χ0n) is 9.83. The van der Waals surface area contributed by atoms with E-state index in [2.05, 4.69) is 29.8 Å². The van der Waals surface area contributed by atoms with Crippen molar-refractivity contribution in [3.8, 4) is 0 Å². The second-order valence-corrected chi connectivity index (χ2v) is 5.16. The predicted molar refractivity (Wildman–Crippen MR) is 72.0 cm³/mol. The van der Waals surface area contributed by atoms with Crippen molar-refractivity contribution in [3.63, 3.8) is 0 Å². The van der Waals surface area contributed by atoms with Gasteiger partial charge in [0, 0.05) is 28.7 Å². The monoisotopic (exact) mass is 236 g/mol. The molecule has 1 aliphatic rings. The highest BCUT2D eigenvalue weighted by molar-refractivity contribution is 7.98. The highest BCUT2D eigenvalue weighted by atomic mass is 32.2. The molecule has 0 heterocycles. The first-order valence-corrected chi connectivity index (χ1v) is 7.20. The van der Waals surface area contributed by atoms with Gasteiger partial charge in [-0.1, -0.05) is 18.9 Å². The van der Waals surface area contributed by atoms with E-state index in [1.165, 1.54) is 41.8 Å². The van der Waals surface area contributed by atoms with E-state index >= 15 is 0 Å². The Hall–Kier alpha value is -0.670. The van der Waals surface area contributed by atoms with Crippen LogP contribution in [0.2, 0.25) is 0 Å². The lowest BCUT2D eigenvalue weighted by molar-refractivity contribution is 0.752. The van der Waals surface area contributed by atoms with Crippen molar-refractivity contribution in [1.82, 2.24) is 0 Å². The van der Waals surface area contributed by atoms with E-state index in [0.717, 1.165) is 0 Å². The number of nitrogens with one attached hydrogen (secondary N) is 1. The zero-order chi connectivity index (χ0) is 11.4. The van der Waals surface area contributed by atoms with E-state index in [4.69, 9.17) is 5.73 Å². The number of rotatable bonds is 4. The largest absolute Gasteiger partial charge is 0.382 e. The lowest BCUT2D eigenvalue weighted by Gasteiger charge is -2.18. The average molecular weight is 236 g/mol. The molecule has 1 fully saturated rings. The predicted octanol–water partition coefficient (Wildman–Crippen LogP) is 3.22. The summed E-state index contributed by atoms with van der Waals surface area (Å²) < 4.78 is 0. The Bertz CT molecular complexity index is 346. The van der Waals surface area contributed by atoms with E-state index in [1.54, 1.807) is 11.8 Å². The smallest absolute Gasteiger partial charge is 0.0399 e. The molecule has 16 heavy (non-hydrogen) atoms. The van der Waals surface area contributed by atoms with E-state index in [9.17, 15) is 0 Å². The molecular weight excluding hydrogens is 216 g/mol. The number of anilines is 1. The summed E-state index contributed by atoms with van der Waals surface area (Å²) in [5, 5.41) is 3.64. The normalized spacial score (nSPS) is 16.6. The fourth-order valence-corrected chi connectivity index (χ4v) is 3.05. The molecule has 0 spiro atoms. The number of hydrogen-bond acceptors (Lipinski definition) is 3. The molecule has 1 saturated carbocycles. The van der Waals surface area contributed by atoms with Crippen molar-refractivity contribution in [2.45, 2.75) is 43.2 Å². The van der Waals surface area contributed by atoms with Crippen LogP contribution in [0.4, 0.5) is 5.69 Å². The lowest BCUT2D eigenvalue weighted by Crippen LogP contribution is -2.16. The van der Waals surface area contributed by atoms with Crippen LogP contribution >= 0.6 is 11.8 Å². The minimum absolute atomic E-state index is 0.617. The van der Waals surface area contributed by atoms with Crippen molar-refractivity contribution in [3.05, 3.63) is 23.8 Å². The van der Waals surface area contributed by atoms with Gasteiger partial charge in [-0.25, -0.2) is 0 Å². The van der Waals surface area contributed by atoms with Gasteiger partial charge in [0.25, 0.3) is 0 Å². The fourth-order valence-electron chi connectivity index (χ4n) is 2.39. The number of benzene rings is 1. The highest BCUT2D eigenvalue weighted by Gasteiger charge is 2.16. The molecule has 0 aromatic heterocycles. The molecule has 0 unspecified atom stereocenters. The van der Waals surface area contributed by atoms with Gasteiger partial charge in [0.05, 0.1) is 0 Å². The first-order valence-electron chi connectivity index (χ1n) is 5.97. The molecule has 0 bridgehead atoms. The molecule has 0 aliphatic heterocycles. The Balaban J connectivity index is 2.18. The van der Waals surface area contributed by atoms with Crippen molar-refractivity contribution in [1.29, 1.82) is 0 Å². The summed E-state index contributed by atoms with van der Waals surface area (Å²) in [4.78, 5) is 1.30. The maximum Gasteiger partial charge on any atom is 0.0399 e. The molecule has 0 amide bonds. The summed E-state index contributed by atoms with van der Waals surface area (Å²) in [6, 6.07) is 7.07. The van der Waals surface area contributed by atoms with Crippen molar-refractivity contribution in [2.24, 2.45) is 5.73 Å². The van der Waals surface area contributed by atoms with Gasteiger partial charge in [-0.3, -0.25) is 0 Å². The quantitative estimate of drug-likeness (QED) is 0.788. The second-order valence-electron chi connectivity index (χ2n) is 4.32. The minimum atomic E-state index is 0.617. The highest BCUT2D eigenvalue weighted by Crippen LogP contribution is 2.29. The Morgan fingerprint density at radius 2 is 2.12 bits per heavy atom.